The number of fused-ring (bicyclic) bond motifs is 1. The molecule has 104 valence electrons. The molecule has 0 aliphatic carbocycles. The molecule has 0 bridgehead atoms. The predicted molar refractivity (Wildman–Crippen MR) is 78.9 cm³/mol. The third kappa shape index (κ3) is 3.35. The van der Waals surface area contributed by atoms with Crippen LogP contribution in [-0.2, 0) is 6.54 Å². The first-order valence-corrected chi connectivity index (χ1v) is 7.57. The summed E-state index contributed by atoms with van der Waals surface area (Å²) in [4.78, 5) is 5.22. The Morgan fingerprint density at radius 2 is 1.84 bits per heavy atom. The van der Waals surface area contributed by atoms with Crippen molar-refractivity contribution in [3.8, 4) is 0 Å². The van der Waals surface area contributed by atoms with E-state index >= 15 is 0 Å². The normalized spacial score (nSPS) is 29.7. The number of hydrogen-bond donors (Lipinski definition) is 1. The van der Waals surface area contributed by atoms with Crippen LogP contribution in [0.5, 0.6) is 0 Å². The summed E-state index contributed by atoms with van der Waals surface area (Å²) >= 11 is 0. The summed E-state index contributed by atoms with van der Waals surface area (Å²) in [6.07, 6.45) is 3.81. The highest BCUT2D eigenvalue weighted by Gasteiger charge is 2.29. The zero-order valence-electron chi connectivity index (χ0n) is 11.7. The lowest BCUT2D eigenvalue weighted by atomic mass is 9.97. The Morgan fingerprint density at radius 3 is 2.68 bits per heavy atom. The van der Waals surface area contributed by atoms with Crippen molar-refractivity contribution < 1.29 is 0 Å². The number of rotatable bonds is 2. The lowest BCUT2D eigenvalue weighted by molar-refractivity contribution is 0.140. The number of nitrogens with two attached hydrogens (primary N) is 1. The Morgan fingerprint density at radius 1 is 1.00 bits per heavy atom. The molecular formula is C16H25N3. The molecule has 19 heavy (non-hydrogen) atoms. The van der Waals surface area contributed by atoms with Crippen molar-refractivity contribution in [2.75, 3.05) is 26.2 Å². The largest absolute Gasteiger partial charge is 0.327 e. The van der Waals surface area contributed by atoms with Gasteiger partial charge >= 0.3 is 0 Å². The monoisotopic (exact) mass is 259 g/mol. The van der Waals surface area contributed by atoms with Crippen LogP contribution in [0.3, 0.4) is 0 Å². The van der Waals surface area contributed by atoms with Gasteiger partial charge in [0.2, 0.25) is 0 Å². The molecule has 2 atom stereocenters. The van der Waals surface area contributed by atoms with E-state index in [4.69, 9.17) is 5.73 Å². The first-order chi connectivity index (χ1) is 9.31. The molecule has 0 radical (unpaired) electrons. The maximum atomic E-state index is 6.10. The van der Waals surface area contributed by atoms with E-state index in [1.807, 2.05) is 0 Å². The van der Waals surface area contributed by atoms with Gasteiger partial charge in [-0.1, -0.05) is 30.3 Å². The van der Waals surface area contributed by atoms with Gasteiger partial charge in [0, 0.05) is 44.8 Å². The van der Waals surface area contributed by atoms with Crippen LogP contribution in [0.15, 0.2) is 30.3 Å². The molecular weight excluding hydrogens is 234 g/mol. The summed E-state index contributed by atoms with van der Waals surface area (Å²) in [5.41, 5.74) is 7.53. The van der Waals surface area contributed by atoms with Gasteiger partial charge in [-0.3, -0.25) is 9.80 Å². The molecule has 0 amide bonds. The lowest BCUT2D eigenvalue weighted by Crippen LogP contribution is -2.48. The highest BCUT2D eigenvalue weighted by molar-refractivity contribution is 5.14. The molecule has 2 saturated heterocycles. The van der Waals surface area contributed by atoms with Crippen molar-refractivity contribution in [1.82, 2.24) is 9.80 Å². The summed E-state index contributed by atoms with van der Waals surface area (Å²) in [6, 6.07) is 12.0. The standard InChI is InChI=1S/C16H25N3/c17-15-6-7-16-8-9-18(10-11-19(16)13-15)12-14-4-2-1-3-5-14/h1-5,15-16H,6-13,17H2. The van der Waals surface area contributed by atoms with Gasteiger partial charge in [0.05, 0.1) is 0 Å². The van der Waals surface area contributed by atoms with Crippen molar-refractivity contribution in [3.63, 3.8) is 0 Å². The fourth-order valence-corrected chi connectivity index (χ4v) is 3.44. The minimum atomic E-state index is 0.400. The predicted octanol–water partition coefficient (Wildman–Crippen LogP) is 1.68. The van der Waals surface area contributed by atoms with Gasteiger partial charge < -0.3 is 5.73 Å². The van der Waals surface area contributed by atoms with E-state index in [0.717, 1.165) is 19.1 Å². The number of nitrogens with zero attached hydrogens (tertiary/aromatic N) is 2. The smallest absolute Gasteiger partial charge is 0.0234 e. The van der Waals surface area contributed by atoms with Crippen LogP contribution < -0.4 is 5.73 Å². The van der Waals surface area contributed by atoms with E-state index in [1.54, 1.807) is 0 Å². The van der Waals surface area contributed by atoms with Gasteiger partial charge in [-0.25, -0.2) is 0 Å². The van der Waals surface area contributed by atoms with Crippen LogP contribution in [0.1, 0.15) is 24.8 Å². The van der Waals surface area contributed by atoms with Crippen LogP contribution in [0.4, 0.5) is 0 Å². The molecule has 2 aliphatic heterocycles. The minimum Gasteiger partial charge on any atom is -0.327 e. The first kappa shape index (κ1) is 13.1. The molecule has 3 rings (SSSR count). The quantitative estimate of drug-likeness (QED) is 0.877. The second kappa shape index (κ2) is 6.04. The van der Waals surface area contributed by atoms with Gasteiger partial charge in [0.25, 0.3) is 0 Å². The van der Waals surface area contributed by atoms with Crippen LogP contribution in [-0.4, -0.2) is 48.1 Å². The van der Waals surface area contributed by atoms with Crippen molar-refractivity contribution >= 4 is 0 Å². The topological polar surface area (TPSA) is 32.5 Å². The lowest BCUT2D eigenvalue weighted by Gasteiger charge is -2.36. The van der Waals surface area contributed by atoms with Gasteiger partial charge in [0.1, 0.15) is 0 Å². The Kier molecular flexibility index (Phi) is 4.16. The maximum absolute atomic E-state index is 6.10. The van der Waals surface area contributed by atoms with Gasteiger partial charge in [-0.15, -0.1) is 0 Å². The fourth-order valence-electron chi connectivity index (χ4n) is 3.44. The maximum Gasteiger partial charge on any atom is 0.0234 e. The average Bonchev–Trinajstić information content (AvgIpc) is 2.63. The average molecular weight is 259 g/mol. The Balaban J connectivity index is 1.58. The first-order valence-electron chi connectivity index (χ1n) is 7.57. The van der Waals surface area contributed by atoms with Crippen molar-refractivity contribution in [2.45, 2.75) is 37.9 Å². The Labute approximate surface area is 116 Å². The zero-order valence-corrected chi connectivity index (χ0v) is 11.7. The van der Waals surface area contributed by atoms with Gasteiger partial charge in [-0.05, 0) is 24.8 Å². The molecule has 1 aromatic carbocycles. The Bertz CT molecular complexity index is 392. The number of hydrogen-bond acceptors (Lipinski definition) is 3. The van der Waals surface area contributed by atoms with E-state index in [9.17, 15) is 0 Å². The molecule has 2 N–H and O–H groups in total. The summed E-state index contributed by atoms with van der Waals surface area (Å²) in [5, 5.41) is 0. The van der Waals surface area contributed by atoms with E-state index in [-0.39, 0.29) is 0 Å². The van der Waals surface area contributed by atoms with E-state index < -0.39 is 0 Å². The number of piperidine rings is 1. The molecule has 2 aliphatic rings. The fraction of sp³-hybridized carbons (Fsp3) is 0.625. The van der Waals surface area contributed by atoms with E-state index in [0.29, 0.717) is 6.04 Å². The zero-order chi connectivity index (χ0) is 13.1. The SMILES string of the molecule is NC1CCC2CCN(Cc3ccccc3)CCN2C1. The van der Waals surface area contributed by atoms with Crippen molar-refractivity contribution in [2.24, 2.45) is 5.73 Å². The third-order valence-electron chi connectivity index (χ3n) is 4.59. The molecule has 1 aromatic rings. The van der Waals surface area contributed by atoms with Crippen molar-refractivity contribution in [3.05, 3.63) is 35.9 Å². The molecule has 2 fully saturated rings. The van der Waals surface area contributed by atoms with Crippen molar-refractivity contribution in [1.29, 1.82) is 0 Å². The van der Waals surface area contributed by atoms with Crippen LogP contribution in [0.2, 0.25) is 0 Å². The highest BCUT2D eigenvalue weighted by Crippen LogP contribution is 2.22. The summed E-state index contributed by atoms with van der Waals surface area (Å²) in [5.74, 6) is 0. The van der Waals surface area contributed by atoms with Crippen LogP contribution in [0.25, 0.3) is 0 Å². The molecule has 3 nitrogen and oxygen atoms in total. The highest BCUT2D eigenvalue weighted by atomic mass is 15.2. The summed E-state index contributed by atoms with van der Waals surface area (Å²) in [6.45, 7) is 5.78. The summed E-state index contributed by atoms with van der Waals surface area (Å²) in [7, 11) is 0. The Hall–Kier alpha value is -0.900. The second-order valence-corrected chi connectivity index (χ2v) is 6.04. The molecule has 2 heterocycles. The molecule has 0 spiro atoms. The van der Waals surface area contributed by atoms with Gasteiger partial charge in [0.15, 0.2) is 0 Å². The number of benzene rings is 1. The van der Waals surface area contributed by atoms with Gasteiger partial charge in [-0.2, -0.15) is 0 Å². The molecule has 0 aromatic heterocycles. The third-order valence-corrected chi connectivity index (χ3v) is 4.59. The molecule has 2 unspecified atom stereocenters. The van der Waals surface area contributed by atoms with Crippen LogP contribution in [0, 0.1) is 0 Å². The van der Waals surface area contributed by atoms with E-state index in [2.05, 4.69) is 40.1 Å². The molecule has 0 saturated carbocycles. The summed E-state index contributed by atoms with van der Waals surface area (Å²) < 4.78 is 0. The van der Waals surface area contributed by atoms with Crippen LogP contribution >= 0.6 is 0 Å². The molecule has 3 heteroatoms. The second-order valence-electron chi connectivity index (χ2n) is 6.04. The minimum absolute atomic E-state index is 0.400. The van der Waals surface area contributed by atoms with E-state index in [1.165, 1.54) is 44.5 Å².